The molecule has 0 aliphatic heterocycles. The SMILES string of the molecule is CCCC(CO)[Se]=O. The molecular formula is C5H11O2Se. The van der Waals surface area contributed by atoms with Crippen molar-refractivity contribution < 1.29 is 8.94 Å². The Morgan fingerprint density at radius 1 is 1.75 bits per heavy atom. The standard InChI is InChI=1S/C5H11O2Se/c1-2-3-5(4-6)8-7/h5-6H,2-4H2,1H3. The van der Waals surface area contributed by atoms with Crippen LogP contribution in [0.3, 0.4) is 0 Å². The van der Waals surface area contributed by atoms with Crippen LogP contribution in [-0.2, 0) is 3.83 Å². The second-order valence-corrected chi connectivity index (χ2v) is 3.49. The van der Waals surface area contributed by atoms with Gasteiger partial charge in [-0.2, -0.15) is 0 Å². The number of aliphatic hydroxyl groups is 1. The second kappa shape index (κ2) is 5.42. The number of hydrogen-bond donors (Lipinski definition) is 1. The van der Waals surface area contributed by atoms with Crippen LogP contribution in [0.15, 0.2) is 0 Å². The Morgan fingerprint density at radius 2 is 2.38 bits per heavy atom. The van der Waals surface area contributed by atoms with Crippen LogP contribution in [0, 0.1) is 0 Å². The predicted octanol–water partition coefficient (Wildman–Crippen LogP) is 0.617. The Kier molecular flexibility index (Phi) is 5.61. The van der Waals surface area contributed by atoms with Gasteiger partial charge in [-0.3, -0.25) is 0 Å². The summed E-state index contributed by atoms with van der Waals surface area (Å²) in [6.45, 7) is 2.10. The van der Waals surface area contributed by atoms with Gasteiger partial charge in [0.2, 0.25) is 0 Å². The topological polar surface area (TPSA) is 37.3 Å². The van der Waals surface area contributed by atoms with Gasteiger partial charge in [-0.15, -0.1) is 0 Å². The molecule has 0 fully saturated rings. The molecule has 1 unspecified atom stereocenters. The molecule has 0 amide bonds. The van der Waals surface area contributed by atoms with Gasteiger partial charge in [-0.05, 0) is 0 Å². The summed E-state index contributed by atoms with van der Waals surface area (Å²) in [4.78, 5) is 0.0625. The summed E-state index contributed by atoms with van der Waals surface area (Å²) in [7, 11) is 0. The third-order valence-electron chi connectivity index (χ3n) is 0.950. The van der Waals surface area contributed by atoms with Crippen molar-refractivity contribution in [3.63, 3.8) is 0 Å². The zero-order valence-corrected chi connectivity index (χ0v) is 6.68. The first kappa shape index (κ1) is 8.28. The van der Waals surface area contributed by atoms with Crippen molar-refractivity contribution in [2.24, 2.45) is 0 Å². The van der Waals surface area contributed by atoms with Gasteiger partial charge in [0.05, 0.1) is 0 Å². The van der Waals surface area contributed by atoms with Crippen LogP contribution < -0.4 is 0 Å². The minimum absolute atomic E-state index is 0.0625. The zero-order chi connectivity index (χ0) is 6.41. The van der Waals surface area contributed by atoms with E-state index in [1.807, 2.05) is 6.92 Å². The summed E-state index contributed by atoms with van der Waals surface area (Å²) < 4.78 is 10.2. The Hall–Kier alpha value is 0.279. The van der Waals surface area contributed by atoms with Gasteiger partial charge in [0, 0.05) is 0 Å². The molecule has 0 aromatic heterocycles. The molecule has 0 heterocycles. The Balaban J connectivity index is 3.21. The molecule has 0 aromatic carbocycles. The van der Waals surface area contributed by atoms with E-state index in [4.69, 9.17) is 5.11 Å². The van der Waals surface area contributed by atoms with Crippen LogP contribution in [0.25, 0.3) is 0 Å². The normalized spacial score (nSPS) is 13.2. The fourth-order valence-electron chi connectivity index (χ4n) is 0.492. The molecule has 0 aliphatic rings. The van der Waals surface area contributed by atoms with Gasteiger partial charge < -0.3 is 0 Å². The number of aliphatic hydroxyl groups excluding tert-OH is 1. The van der Waals surface area contributed by atoms with Crippen molar-refractivity contribution in [3.8, 4) is 0 Å². The second-order valence-electron chi connectivity index (χ2n) is 1.69. The summed E-state index contributed by atoms with van der Waals surface area (Å²) >= 11 is -0.606. The number of hydrogen-bond acceptors (Lipinski definition) is 2. The Bertz CT molecular complexity index is 65.4. The van der Waals surface area contributed by atoms with E-state index in [2.05, 4.69) is 0 Å². The molecule has 2 nitrogen and oxygen atoms in total. The van der Waals surface area contributed by atoms with E-state index in [0.717, 1.165) is 12.8 Å². The van der Waals surface area contributed by atoms with E-state index in [1.165, 1.54) is 0 Å². The predicted molar refractivity (Wildman–Crippen MR) is 32.2 cm³/mol. The van der Waals surface area contributed by atoms with Crippen LogP contribution in [0.1, 0.15) is 19.8 Å². The van der Waals surface area contributed by atoms with Crippen LogP contribution >= 0.6 is 0 Å². The Labute approximate surface area is 55.6 Å². The van der Waals surface area contributed by atoms with Gasteiger partial charge in [0.1, 0.15) is 0 Å². The van der Waals surface area contributed by atoms with E-state index in [0.29, 0.717) is 0 Å². The molecule has 0 spiro atoms. The summed E-state index contributed by atoms with van der Waals surface area (Å²) in [5.74, 6) is 0. The average Bonchev–Trinajstić information content (AvgIpc) is 1.83. The zero-order valence-electron chi connectivity index (χ0n) is 4.96. The fourth-order valence-corrected chi connectivity index (χ4v) is 1.32. The maximum absolute atomic E-state index is 10.2. The molecule has 3 heteroatoms. The average molecular weight is 182 g/mol. The quantitative estimate of drug-likeness (QED) is 0.647. The van der Waals surface area contributed by atoms with Gasteiger partial charge in [0.25, 0.3) is 0 Å². The van der Waals surface area contributed by atoms with Crippen molar-refractivity contribution in [2.45, 2.75) is 24.6 Å². The molecule has 1 atom stereocenters. The van der Waals surface area contributed by atoms with Crippen molar-refractivity contribution in [3.05, 3.63) is 0 Å². The van der Waals surface area contributed by atoms with Crippen LogP contribution in [0.4, 0.5) is 0 Å². The van der Waals surface area contributed by atoms with Gasteiger partial charge in [-0.1, -0.05) is 0 Å². The monoisotopic (exact) mass is 183 g/mol. The van der Waals surface area contributed by atoms with Gasteiger partial charge >= 0.3 is 55.0 Å². The summed E-state index contributed by atoms with van der Waals surface area (Å²) in [6, 6.07) is 0. The minimum atomic E-state index is -0.606. The van der Waals surface area contributed by atoms with Crippen molar-refractivity contribution in [1.82, 2.24) is 0 Å². The third kappa shape index (κ3) is 3.30. The number of rotatable bonds is 4. The molecule has 8 heavy (non-hydrogen) atoms. The summed E-state index contributed by atoms with van der Waals surface area (Å²) in [6.07, 6.45) is 1.90. The van der Waals surface area contributed by atoms with Crippen molar-refractivity contribution in [2.75, 3.05) is 6.61 Å². The maximum atomic E-state index is 10.2. The first-order chi connectivity index (χ1) is 3.85. The first-order valence-corrected chi connectivity index (χ1v) is 4.43. The van der Waals surface area contributed by atoms with Crippen LogP contribution in [-0.4, -0.2) is 26.6 Å². The molecular weight excluding hydrogens is 171 g/mol. The van der Waals surface area contributed by atoms with E-state index >= 15 is 0 Å². The van der Waals surface area contributed by atoms with E-state index in [9.17, 15) is 3.83 Å². The molecule has 49 valence electrons. The third-order valence-corrected chi connectivity index (χ3v) is 2.33. The summed E-state index contributed by atoms with van der Waals surface area (Å²) in [5, 5.41) is 8.47. The van der Waals surface area contributed by atoms with E-state index in [-0.39, 0.29) is 11.4 Å². The molecule has 0 saturated heterocycles. The van der Waals surface area contributed by atoms with Crippen LogP contribution in [0.2, 0.25) is 4.82 Å². The Morgan fingerprint density at radius 3 is 2.50 bits per heavy atom. The molecule has 0 bridgehead atoms. The van der Waals surface area contributed by atoms with Crippen molar-refractivity contribution >= 4 is 14.9 Å². The summed E-state index contributed by atoms with van der Waals surface area (Å²) in [5.41, 5.74) is 0. The van der Waals surface area contributed by atoms with Gasteiger partial charge in [-0.25, -0.2) is 0 Å². The molecule has 0 saturated carbocycles. The molecule has 0 aromatic rings. The van der Waals surface area contributed by atoms with Crippen molar-refractivity contribution in [1.29, 1.82) is 0 Å². The molecule has 1 radical (unpaired) electrons. The van der Waals surface area contributed by atoms with Crippen LogP contribution in [0.5, 0.6) is 0 Å². The molecule has 1 N–H and O–H groups in total. The molecule has 0 aliphatic carbocycles. The fraction of sp³-hybridized carbons (Fsp3) is 1.00. The van der Waals surface area contributed by atoms with E-state index < -0.39 is 14.9 Å². The van der Waals surface area contributed by atoms with Gasteiger partial charge in [0.15, 0.2) is 0 Å². The molecule has 0 rings (SSSR count). The first-order valence-electron chi connectivity index (χ1n) is 2.74. The van der Waals surface area contributed by atoms with E-state index in [1.54, 1.807) is 0 Å².